The summed E-state index contributed by atoms with van der Waals surface area (Å²) in [7, 11) is 1.75. The number of aryl methyl sites for hydroxylation is 1. The third-order valence-electron chi connectivity index (χ3n) is 4.95. The van der Waals surface area contributed by atoms with Crippen LogP contribution in [0.5, 0.6) is 0 Å². The second kappa shape index (κ2) is 6.48. The molecule has 3 rings (SSSR count). The Labute approximate surface area is 141 Å². The van der Waals surface area contributed by atoms with Crippen LogP contribution >= 0.6 is 11.3 Å². The molecule has 1 saturated heterocycles. The summed E-state index contributed by atoms with van der Waals surface area (Å²) >= 11 is 1.61. The molecule has 2 amide bonds. The summed E-state index contributed by atoms with van der Waals surface area (Å²) in [4.78, 5) is 30.7. The van der Waals surface area contributed by atoms with Crippen LogP contribution in [0.4, 0.5) is 0 Å². The minimum Gasteiger partial charge on any atom is -0.337 e. The van der Waals surface area contributed by atoms with E-state index in [9.17, 15) is 9.59 Å². The fourth-order valence-electron chi connectivity index (χ4n) is 3.55. The van der Waals surface area contributed by atoms with E-state index in [1.165, 1.54) is 16.9 Å². The van der Waals surface area contributed by atoms with Crippen LogP contribution < -0.4 is 0 Å². The number of carbonyl (C=O) groups is 2. The first-order chi connectivity index (χ1) is 11.0. The molecule has 1 aromatic rings. The average Bonchev–Trinajstić information content (AvgIpc) is 3.10. The van der Waals surface area contributed by atoms with Gasteiger partial charge in [-0.05, 0) is 43.2 Å². The van der Waals surface area contributed by atoms with Crippen LogP contribution in [0.2, 0.25) is 0 Å². The number of hydrogen-bond acceptors (Lipinski definition) is 3. The normalized spacial score (nSPS) is 23.7. The number of amides is 2. The first-order valence-electron chi connectivity index (χ1n) is 8.29. The number of thiophene rings is 1. The summed E-state index contributed by atoms with van der Waals surface area (Å²) in [6.07, 6.45) is 5.79. The van der Waals surface area contributed by atoms with Gasteiger partial charge in [-0.2, -0.15) is 0 Å². The second-order valence-electron chi connectivity index (χ2n) is 6.70. The Balaban J connectivity index is 1.73. The number of rotatable bonds is 4. The molecule has 2 atom stereocenters. The first-order valence-corrected chi connectivity index (χ1v) is 9.11. The van der Waals surface area contributed by atoms with Gasteiger partial charge in [0.05, 0.1) is 4.88 Å². The van der Waals surface area contributed by atoms with E-state index in [2.05, 4.69) is 19.6 Å². The van der Waals surface area contributed by atoms with E-state index in [4.69, 9.17) is 0 Å². The lowest BCUT2D eigenvalue weighted by Gasteiger charge is -2.23. The van der Waals surface area contributed by atoms with Gasteiger partial charge >= 0.3 is 0 Å². The summed E-state index contributed by atoms with van der Waals surface area (Å²) in [5.74, 6) is 0.716. The Morgan fingerprint density at radius 3 is 3.04 bits per heavy atom. The van der Waals surface area contributed by atoms with Crippen LogP contribution in [-0.4, -0.2) is 47.8 Å². The molecule has 23 heavy (non-hydrogen) atoms. The minimum atomic E-state index is -0.333. The molecule has 4 nitrogen and oxygen atoms in total. The number of nitrogens with zero attached hydrogens (tertiary/aromatic N) is 2. The molecular weight excluding hydrogens is 308 g/mol. The molecule has 5 heteroatoms. The molecule has 124 valence electrons. The Morgan fingerprint density at radius 1 is 1.52 bits per heavy atom. The molecule has 0 saturated carbocycles. The Bertz CT molecular complexity index is 637. The second-order valence-corrected chi connectivity index (χ2v) is 7.84. The average molecular weight is 332 g/mol. The molecule has 1 fully saturated rings. The highest BCUT2D eigenvalue weighted by atomic mass is 32.1. The molecule has 2 heterocycles. The maximum Gasteiger partial charge on any atom is 0.264 e. The third kappa shape index (κ3) is 3.07. The lowest BCUT2D eigenvalue weighted by Crippen LogP contribution is -2.42. The fourth-order valence-corrected chi connectivity index (χ4v) is 4.74. The van der Waals surface area contributed by atoms with Crippen molar-refractivity contribution >= 4 is 23.2 Å². The molecular formula is C18H24N2O2S. The van der Waals surface area contributed by atoms with Crippen LogP contribution in [0.15, 0.2) is 18.7 Å². The zero-order chi connectivity index (χ0) is 16.6. The van der Waals surface area contributed by atoms with Crippen molar-refractivity contribution in [3.05, 3.63) is 34.0 Å². The van der Waals surface area contributed by atoms with Crippen molar-refractivity contribution in [3.8, 4) is 0 Å². The number of hydrogen-bond donors (Lipinski definition) is 0. The Hall–Kier alpha value is -1.62. The van der Waals surface area contributed by atoms with Crippen molar-refractivity contribution in [2.45, 2.75) is 38.6 Å². The van der Waals surface area contributed by atoms with Gasteiger partial charge in [0.1, 0.15) is 6.04 Å². The topological polar surface area (TPSA) is 40.6 Å². The zero-order valence-corrected chi connectivity index (χ0v) is 14.7. The van der Waals surface area contributed by atoms with Gasteiger partial charge in [0.2, 0.25) is 5.91 Å². The van der Waals surface area contributed by atoms with Gasteiger partial charge in [0, 0.05) is 25.0 Å². The van der Waals surface area contributed by atoms with Crippen LogP contribution in [0.1, 0.15) is 39.9 Å². The van der Waals surface area contributed by atoms with Gasteiger partial charge in [-0.1, -0.05) is 13.0 Å². The van der Waals surface area contributed by atoms with Gasteiger partial charge < -0.3 is 9.80 Å². The van der Waals surface area contributed by atoms with E-state index in [0.29, 0.717) is 25.4 Å². The van der Waals surface area contributed by atoms with E-state index in [-0.39, 0.29) is 17.9 Å². The Kier molecular flexibility index (Phi) is 4.57. The van der Waals surface area contributed by atoms with Crippen molar-refractivity contribution in [2.24, 2.45) is 5.92 Å². The maximum absolute atomic E-state index is 12.8. The summed E-state index contributed by atoms with van der Waals surface area (Å²) in [5.41, 5.74) is 1.33. The molecule has 0 bridgehead atoms. The lowest BCUT2D eigenvalue weighted by molar-refractivity contribution is -0.130. The van der Waals surface area contributed by atoms with Crippen molar-refractivity contribution in [1.82, 2.24) is 9.80 Å². The molecule has 1 aromatic heterocycles. The quantitative estimate of drug-likeness (QED) is 0.796. The van der Waals surface area contributed by atoms with E-state index in [0.717, 1.165) is 17.7 Å². The van der Waals surface area contributed by atoms with E-state index in [1.807, 2.05) is 0 Å². The molecule has 1 aliphatic heterocycles. The van der Waals surface area contributed by atoms with Crippen LogP contribution in [0, 0.1) is 5.92 Å². The van der Waals surface area contributed by atoms with Crippen LogP contribution in [-0.2, 0) is 17.6 Å². The predicted octanol–water partition coefficient (Wildman–Crippen LogP) is 2.73. The summed E-state index contributed by atoms with van der Waals surface area (Å²) in [6.45, 7) is 7.20. The minimum absolute atomic E-state index is 0.0177. The standard InChI is InChI=1S/C18H24N2O2S/c1-4-8-20-9-7-14(17(20)21)19(3)18(22)16-11-13-10-12(2)5-6-15(13)23-16/h4,11-12,14H,1,5-10H2,2-3H3/t12-,14-/m1/s1. The predicted molar refractivity (Wildman–Crippen MR) is 92.8 cm³/mol. The third-order valence-corrected chi connectivity index (χ3v) is 6.17. The Morgan fingerprint density at radius 2 is 2.30 bits per heavy atom. The van der Waals surface area contributed by atoms with Gasteiger partial charge in [0.15, 0.2) is 0 Å². The number of fused-ring (bicyclic) bond motifs is 1. The number of carbonyl (C=O) groups excluding carboxylic acids is 2. The smallest absolute Gasteiger partial charge is 0.264 e. The van der Waals surface area contributed by atoms with Crippen LogP contribution in [0.25, 0.3) is 0 Å². The van der Waals surface area contributed by atoms with Crippen molar-refractivity contribution in [2.75, 3.05) is 20.1 Å². The summed E-state index contributed by atoms with van der Waals surface area (Å²) < 4.78 is 0. The maximum atomic E-state index is 12.8. The van der Waals surface area contributed by atoms with E-state index >= 15 is 0 Å². The fraction of sp³-hybridized carbons (Fsp3) is 0.556. The van der Waals surface area contributed by atoms with Crippen molar-refractivity contribution in [1.29, 1.82) is 0 Å². The number of likely N-dealkylation sites (tertiary alicyclic amines) is 1. The monoisotopic (exact) mass is 332 g/mol. The molecule has 0 aromatic carbocycles. The highest BCUT2D eigenvalue weighted by Gasteiger charge is 2.36. The highest BCUT2D eigenvalue weighted by molar-refractivity contribution is 7.14. The van der Waals surface area contributed by atoms with Gasteiger partial charge in [0.25, 0.3) is 5.91 Å². The van der Waals surface area contributed by atoms with E-state index in [1.54, 1.807) is 34.3 Å². The molecule has 2 aliphatic rings. The largest absolute Gasteiger partial charge is 0.337 e. The summed E-state index contributed by atoms with van der Waals surface area (Å²) in [6, 6.07) is 1.72. The van der Waals surface area contributed by atoms with Crippen molar-refractivity contribution in [3.63, 3.8) is 0 Å². The van der Waals surface area contributed by atoms with Gasteiger partial charge in [-0.25, -0.2) is 0 Å². The molecule has 0 unspecified atom stereocenters. The molecule has 1 aliphatic carbocycles. The van der Waals surface area contributed by atoms with E-state index < -0.39 is 0 Å². The molecule has 0 N–H and O–H groups in total. The lowest BCUT2D eigenvalue weighted by atomic mass is 9.90. The summed E-state index contributed by atoms with van der Waals surface area (Å²) in [5, 5.41) is 0. The van der Waals surface area contributed by atoms with Gasteiger partial charge in [-0.15, -0.1) is 17.9 Å². The first kappa shape index (κ1) is 16.2. The van der Waals surface area contributed by atoms with Crippen LogP contribution in [0.3, 0.4) is 0 Å². The number of likely N-dealkylation sites (N-methyl/N-ethyl adjacent to an activating group) is 1. The SMILES string of the molecule is C=CCN1CC[C@@H](N(C)C(=O)c2cc3c(s2)CC[C@@H](C)C3)C1=O. The molecule has 0 spiro atoms. The van der Waals surface area contributed by atoms with Crippen molar-refractivity contribution < 1.29 is 9.59 Å². The highest BCUT2D eigenvalue weighted by Crippen LogP contribution is 2.33. The van der Waals surface area contributed by atoms with Gasteiger partial charge in [-0.3, -0.25) is 9.59 Å². The zero-order valence-electron chi connectivity index (χ0n) is 13.9. The molecule has 0 radical (unpaired) electrons.